The molecule has 0 aliphatic rings. The maximum absolute atomic E-state index is 12.2. The van der Waals surface area contributed by atoms with E-state index in [4.69, 9.17) is 0 Å². The zero-order chi connectivity index (χ0) is 13.9. The van der Waals surface area contributed by atoms with Crippen molar-refractivity contribution in [2.24, 2.45) is 0 Å². The molecule has 3 rings (SSSR count). The van der Waals surface area contributed by atoms with Crippen molar-refractivity contribution in [1.82, 2.24) is 15.2 Å². The van der Waals surface area contributed by atoms with Crippen LogP contribution in [-0.4, -0.2) is 21.1 Å². The molecule has 2 aromatic heterocycles. The van der Waals surface area contributed by atoms with Crippen molar-refractivity contribution in [3.05, 3.63) is 53.9 Å². The molecular formula is C15H14N4O. The van der Waals surface area contributed by atoms with Gasteiger partial charge in [0.1, 0.15) is 5.82 Å². The van der Waals surface area contributed by atoms with E-state index in [2.05, 4.69) is 20.5 Å². The number of amides is 1. The molecule has 2 heterocycles. The number of rotatable bonds is 3. The monoisotopic (exact) mass is 266 g/mol. The highest BCUT2D eigenvalue weighted by Gasteiger charge is 2.10. The summed E-state index contributed by atoms with van der Waals surface area (Å²) in [4.78, 5) is 16.5. The molecule has 2 N–H and O–H groups in total. The summed E-state index contributed by atoms with van der Waals surface area (Å²) >= 11 is 0. The normalized spacial score (nSPS) is 10.7. The number of pyridine rings is 1. The van der Waals surface area contributed by atoms with Gasteiger partial charge in [-0.05, 0) is 30.7 Å². The molecule has 0 saturated heterocycles. The summed E-state index contributed by atoms with van der Waals surface area (Å²) in [5, 5.41) is 10.5. The Labute approximate surface area is 116 Å². The lowest BCUT2D eigenvalue weighted by atomic mass is 10.1. The molecule has 3 aromatic rings. The lowest BCUT2D eigenvalue weighted by Crippen LogP contribution is -2.13. The summed E-state index contributed by atoms with van der Waals surface area (Å²) in [6.45, 7) is 2.02. The predicted octanol–water partition coefficient (Wildman–Crippen LogP) is 2.77. The van der Waals surface area contributed by atoms with Crippen LogP contribution in [0.2, 0.25) is 0 Å². The second-order valence-corrected chi connectivity index (χ2v) is 4.49. The SMILES string of the molecule is CCc1cn[nH]c1NC(=O)c1ccc2ncccc2c1. The maximum Gasteiger partial charge on any atom is 0.256 e. The molecule has 0 bridgehead atoms. The zero-order valence-electron chi connectivity index (χ0n) is 11.1. The number of benzene rings is 1. The number of carbonyl (C=O) groups excluding carboxylic acids is 1. The minimum atomic E-state index is -0.158. The quantitative estimate of drug-likeness (QED) is 0.765. The number of aromatic nitrogens is 3. The third kappa shape index (κ3) is 2.25. The van der Waals surface area contributed by atoms with Gasteiger partial charge in [-0.2, -0.15) is 5.10 Å². The van der Waals surface area contributed by atoms with Gasteiger partial charge < -0.3 is 5.32 Å². The summed E-state index contributed by atoms with van der Waals surface area (Å²) in [5.74, 6) is 0.499. The lowest BCUT2D eigenvalue weighted by molar-refractivity contribution is 0.102. The first-order valence-electron chi connectivity index (χ1n) is 6.46. The highest BCUT2D eigenvalue weighted by molar-refractivity contribution is 6.06. The molecule has 0 fully saturated rings. The number of hydrogen-bond donors (Lipinski definition) is 2. The Morgan fingerprint density at radius 1 is 1.35 bits per heavy atom. The Hall–Kier alpha value is -2.69. The first kappa shape index (κ1) is 12.3. The van der Waals surface area contributed by atoms with Crippen LogP contribution < -0.4 is 5.32 Å². The average Bonchev–Trinajstić information content (AvgIpc) is 2.94. The van der Waals surface area contributed by atoms with E-state index in [0.29, 0.717) is 11.4 Å². The van der Waals surface area contributed by atoms with Crippen LogP contribution in [0.1, 0.15) is 22.8 Å². The van der Waals surface area contributed by atoms with Crippen LogP contribution in [0.5, 0.6) is 0 Å². The van der Waals surface area contributed by atoms with Crippen molar-refractivity contribution in [1.29, 1.82) is 0 Å². The van der Waals surface area contributed by atoms with Crippen molar-refractivity contribution < 1.29 is 4.79 Å². The Kier molecular flexibility index (Phi) is 3.16. The Balaban J connectivity index is 1.89. The molecule has 5 heteroatoms. The van der Waals surface area contributed by atoms with E-state index < -0.39 is 0 Å². The van der Waals surface area contributed by atoms with Gasteiger partial charge in [0.15, 0.2) is 0 Å². The van der Waals surface area contributed by atoms with Gasteiger partial charge >= 0.3 is 0 Å². The van der Waals surface area contributed by atoms with Crippen LogP contribution in [0, 0.1) is 0 Å². The molecule has 0 spiro atoms. The summed E-state index contributed by atoms with van der Waals surface area (Å²) in [5.41, 5.74) is 2.46. The van der Waals surface area contributed by atoms with Crippen LogP contribution in [0.3, 0.4) is 0 Å². The number of carbonyl (C=O) groups is 1. The molecule has 5 nitrogen and oxygen atoms in total. The molecule has 0 aliphatic heterocycles. The van der Waals surface area contributed by atoms with Crippen molar-refractivity contribution in [2.45, 2.75) is 13.3 Å². The van der Waals surface area contributed by atoms with Gasteiger partial charge in [0.2, 0.25) is 0 Å². The molecule has 0 unspecified atom stereocenters. The fraction of sp³-hybridized carbons (Fsp3) is 0.133. The van der Waals surface area contributed by atoms with E-state index in [1.807, 2.05) is 31.2 Å². The third-order valence-corrected chi connectivity index (χ3v) is 3.20. The van der Waals surface area contributed by atoms with Crippen molar-refractivity contribution in [2.75, 3.05) is 5.32 Å². The zero-order valence-corrected chi connectivity index (χ0v) is 11.1. The van der Waals surface area contributed by atoms with E-state index in [0.717, 1.165) is 22.9 Å². The molecule has 1 aromatic carbocycles. The summed E-state index contributed by atoms with van der Waals surface area (Å²) in [6, 6.07) is 9.24. The molecule has 0 atom stereocenters. The first-order valence-corrected chi connectivity index (χ1v) is 6.46. The largest absolute Gasteiger partial charge is 0.307 e. The highest BCUT2D eigenvalue weighted by Crippen LogP contribution is 2.16. The Morgan fingerprint density at radius 2 is 2.25 bits per heavy atom. The molecule has 100 valence electrons. The van der Waals surface area contributed by atoms with Crippen LogP contribution in [0.15, 0.2) is 42.7 Å². The summed E-state index contributed by atoms with van der Waals surface area (Å²) < 4.78 is 0. The fourth-order valence-corrected chi connectivity index (χ4v) is 2.09. The molecular weight excluding hydrogens is 252 g/mol. The van der Waals surface area contributed by atoms with Crippen molar-refractivity contribution in [3.63, 3.8) is 0 Å². The maximum atomic E-state index is 12.2. The lowest BCUT2D eigenvalue weighted by Gasteiger charge is -2.05. The number of nitrogens with one attached hydrogen (secondary N) is 2. The molecule has 1 amide bonds. The molecule has 0 saturated carbocycles. The van der Waals surface area contributed by atoms with E-state index in [-0.39, 0.29) is 5.91 Å². The number of nitrogens with zero attached hydrogens (tertiary/aromatic N) is 2. The van der Waals surface area contributed by atoms with Crippen LogP contribution >= 0.6 is 0 Å². The van der Waals surface area contributed by atoms with E-state index >= 15 is 0 Å². The van der Waals surface area contributed by atoms with Crippen molar-refractivity contribution >= 4 is 22.6 Å². The third-order valence-electron chi connectivity index (χ3n) is 3.20. The smallest absolute Gasteiger partial charge is 0.256 e. The van der Waals surface area contributed by atoms with E-state index in [1.54, 1.807) is 18.5 Å². The summed E-state index contributed by atoms with van der Waals surface area (Å²) in [6.07, 6.45) is 4.27. The first-order chi connectivity index (χ1) is 9.78. The van der Waals surface area contributed by atoms with Gasteiger partial charge in [-0.1, -0.05) is 13.0 Å². The van der Waals surface area contributed by atoms with Crippen LogP contribution in [-0.2, 0) is 6.42 Å². The number of anilines is 1. The number of hydrogen-bond acceptors (Lipinski definition) is 3. The Morgan fingerprint density at radius 3 is 3.10 bits per heavy atom. The second kappa shape index (κ2) is 5.13. The van der Waals surface area contributed by atoms with Crippen LogP contribution in [0.25, 0.3) is 10.9 Å². The average molecular weight is 266 g/mol. The molecule has 20 heavy (non-hydrogen) atoms. The van der Waals surface area contributed by atoms with Crippen LogP contribution in [0.4, 0.5) is 5.82 Å². The number of H-pyrrole nitrogens is 1. The van der Waals surface area contributed by atoms with Gasteiger partial charge in [-0.15, -0.1) is 0 Å². The van der Waals surface area contributed by atoms with E-state index in [9.17, 15) is 4.79 Å². The fourth-order valence-electron chi connectivity index (χ4n) is 2.09. The van der Waals surface area contributed by atoms with Gasteiger partial charge in [-0.3, -0.25) is 14.9 Å². The molecule has 0 radical (unpaired) electrons. The summed E-state index contributed by atoms with van der Waals surface area (Å²) in [7, 11) is 0. The molecule has 0 aliphatic carbocycles. The van der Waals surface area contributed by atoms with Gasteiger partial charge in [0.25, 0.3) is 5.91 Å². The Bertz CT molecular complexity index is 763. The van der Waals surface area contributed by atoms with E-state index in [1.165, 1.54) is 0 Å². The van der Waals surface area contributed by atoms with Crippen molar-refractivity contribution in [3.8, 4) is 0 Å². The number of fused-ring (bicyclic) bond motifs is 1. The second-order valence-electron chi connectivity index (χ2n) is 4.49. The standard InChI is InChI=1S/C15H14N4O/c1-2-10-9-17-19-14(10)18-15(20)12-5-6-13-11(8-12)4-3-7-16-13/h3-9H,2H2,1H3,(H2,17,18,19,20). The topological polar surface area (TPSA) is 70.7 Å². The minimum absolute atomic E-state index is 0.158. The number of aryl methyl sites for hydroxylation is 1. The predicted molar refractivity (Wildman–Crippen MR) is 77.7 cm³/mol. The van der Waals surface area contributed by atoms with Gasteiger partial charge in [0, 0.05) is 22.7 Å². The number of aromatic amines is 1. The van der Waals surface area contributed by atoms with Gasteiger partial charge in [-0.25, -0.2) is 0 Å². The van der Waals surface area contributed by atoms with Gasteiger partial charge in [0.05, 0.1) is 11.7 Å². The highest BCUT2D eigenvalue weighted by atomic mass is 16.1. The minimum Gasteiger partial charge on any atom is -0.307 e.